The summed E-state index contributed by atoms with van der Waals surface area (Å²) in [6.45, 7) is 1.56. The molecule has 0 amide bonds. The molecule has 0 spiro atoms. The van der Waals surface area contributed by atoms with Crippen LogP contribution in [0.25, 0.3) is 11.5 Å². The average Bonchev–Trinajstić information content (AvgIpc) is 3.38. The zero-order valence-electron chi connectivity index (χ0n) is 14.2. The Hall–Kier alpha value is -2.86. The zero-order valence-corrected chi connectivity index (χ0v) is 14.2. The molecule has 2 aliphatic heterocycles. The molecular formula is C20H18N2O4. The molecule has 0 unspecified atom stereocenters. The van der Waals surface area contributed by atoms with Crippen LogP contribution in [0.4, 0.5) is 0 Å². The first-order chi connectivity index (χ1) is 12.9. The molecule has 0 atom stereocenters. The summed E-state index contributed by atoms with van der Waals surface area (Å²) < 4.78 is 22.8. The van der Waals surface area contributed by atoms with Crippen molar-refractivity contribution in [1.82, 2.24) is 10.2 Å². The van der Waals surface area contributed by atoms with E-state index in [1.54, 1.807) is 0 Å². The molecule has 5 rings (SSSR count). The Morgan fingerprint density at radius 3 is 2.50 bits per heavy atom. The topological polar surface area (TPSA) is 66.6 Å². The number of aromatic nitrogens is 2. The second-order valence-corrected chi connectivity index (χ2v) is 6.54. The standard InChI is InChI=1S/C20H18N2O4/c1-2-4-14(5-3-1)18-21-22-19(26-18)20(8-10-23-11-9-20)15-6-7-16-17(12-15)25-13-24-16/h1-7,12H,8-11,13H2. The minimum Gasteiger partial charge on any atom is -0.454 e. The number of hydrogen-bond donors (Lipinski definition) is 0. The van der Waals surface area contributed by atoms with Crippen LogP contribution in [0.2, 0.25) is 0 Å². The third-order valence-electron chi connectivity index (χ3n) is 5.13. The highest BCUT2D eigenvalue weighted by atomic mass is 16.7. The molecule has 1 aromatic heterocycles. The maximum atomic E-state index is 6.14. The molecule has 6 heteroatoms. The number of hydrogen-bond acceptors (Lipinski definition) is 6. The van der Waals surface area contributed by atoms with Gasteiger partial charge in [-0.15, -0.1) is 10.2 Å². The minimum absolute atomic E-state index is 0.258. The monoisotopic (exact) mass is 350 g/mol. The molecule has 0 saturated carbocycles. The zero-order chi connectivity index (χ0) is 17.4. The number of fused-ring (bicyclic) bond motifs is 1. The van der Waals surface area contributed by atoms with Gasteiger partial charge in [0.25, 0.3) is 0 Å². The van der Waals surface area contributed by atoms with Gasteiger partial charge in [0.05, 0.1) is 5.41 Å². The molecule has 2 aliphatic rings. The highest BCUT2D eigenvalue weighted by Gasteiger charge is 2.42. The van der Waals surface area contributed by atoms with Crippen LogP contribution in [0, 0.1) is 0 Å². The summed E-state index contributed by atoms with van der Waals surface area (Å²) in [5.74, 6) is 2.69. The summed E-state index contributed by atoms with van der Waals surface area (Å²) in [7, 11) is 0. The number of nitrogens with zero attached hydrogens (tertiary/aromatic N) is 2. The Morgan fingerprint density at radius 1 is 0.846 bits per heavy atom. The average molecular weight is 350 g/mol. The van der Waals surface area contributed by atoms with Gasteiger partial charge >= 0.3 is 0 Å². The van der Waals surface area contributed by atoms with Crippen molar-refractivity contribution in [2.24, 2.45) is 0 Å². The van der Waals surface area contributed by atoms with E-state index >= 15 is 0 Å². The van der Waals surface area contributed by atoms with Crippen molar-refractivity contribution in [3.8, 4) is 23.0 Å². The molecule has 132 valence electrons. The Balaban J connectivity index is 1.59. The largest absolute Gasteiger partial charge is 0.454 e. The van der Waals surface area contributed by atoms with Crippen LogP contribution in [0.1, 0.15) is 24.3 Å². The lowest BCUT2D eigenvalue weighted by molar-refractivity contribution is 0.0545. The van der Waals surface area contributed by atoms with E-state index in [4.69, 9.17) is 18.6 Å². The van der Waals surface area contributed by atoms with E-state index in [1.807, 2.05) is 42.5 Å². The second kappa shape index (κ2) is 6.14. The van der Waals surface area contributed by atoms with E-state index in [2.05, 4.69) is 16.3 Å². The van der Waals surface area contributed by atoms with Crippen molar-refractivity contribution in [2.75, 3.05) is 20.0 Å². The van der Waals surface area contributed by atoms with Crippen LogP contribution in [-0.4, -0.2) is 30.2 Å². The number of rotatable bonds is 3. The molecule has 0 aliphatic carbocycles. The van der Waals surface area contributed by atoms with Crippen LogP contribution >= 0.6 is 0 Å². The van der Waals surface area contributed by atoms with E-state index in [1.165, 1.54) is 0 Å². The van der Waals surface area contributed by atoms with Crippen LogP contribution in [0.15, 0.2) is 52.9 Å². The SMILES string of the molecule is c1ccc(-c2nnc(C3(c4ccc5c(c4)OCO5)CCOCC3)o2)cc1. The highest BCUT2D eigenvalue weighted by molar-refractivity contribution is 5.53. The van der Waals surface area contributed by atoms with Gasteiger partial charge in [-0.2, -0.15) is 0 Å². The molecule has 1 fully saturated rings. The van der Waals surface area contributed by atoms with E-state index in [0.717, 1.165) is 35.5 Å². The van der Waals surface area contributed by atoms with E-state index in [-0.39, 0.29) is 12.2 Å². The molecule has 1 saturated heterocycles. The van der Waals surface area contributed by atoms with Gasteiger partial charge in [0, 0.05) is 18.8 Å². The molecule has 3 heterocycles. The lowest BCUT2D eigenvalue weighted by Gasteiger charge is -2.34. The predicted molar refractivity (Wildman–Crippen MR) is 93.1 cm³/mol. The quantitative estimate of drug-likeness (QED) is 0.719. The molecule has 26 heavy (non-hydrogen) atoms. The van der Waals surface area contributed by atoms with Gasteiger partial charge < -0.3 is 18.6 Å². The van der Waals surface area contributed by atoms with Gasteiger partial charge in [0.2, 0.25) is 18.6 Å². The fourth-order valence-electron chi connectivity index (χ4n) is 3.65. The van der Waals surface area contributed by atoms with Crippen LogP contribution in [0.5, 0.6) is 11.5 Å². The van der Waals surface area contributed by atoms with Crippen LogP contribution < -0.4 is 9.47 Å². The molecule has 0 N–H and O–H groups in total. The van der Waals surface area contributed by atoms with Gasteiger partial charge in [-0.25, -0.2) is 0 Å². The first-order valence-electron chi connectivity index (χ1n) is 8.72. The van der Waals surface area contributed by atoms with Gasteiger partial charge in [0.1, 0.15) is 0 Å². The second-order valence-electron chi connectivity index (χ2n) is 6.54. The van der Waals surface area contributed by atoms with Gasteiger partial charge in [-0.05, 0) is 42.7 Å². The van der Waals surface area contributed by atoms with E-state index in [9.17, 15) is 0 Å². The highest BCUT2D eigenvalue weighted by Crippen LogP contribution is 2.44. The summed E-state index contributed by atoms with van der Waals surface area (Å²) in [5, 5.41) is 8.71. The predicted octanol–water partition coefficient (Wildman–Crippen LogP) is 3.56. The summed E-state index contributed by atoms with van der Waals surface area (Å²) >= 11 is 0. The van der Waals surface area contributed by atoms with Crippen LogP contribution in [0.3, 0.4) is 0 Å². The normalized spacial score (nSPS) is 18.0. The Labute approximate surface area is 150 Å². The van der Waals surface area contributed by atoms with Crippen molar-refractivity contribution < 1.29 is 18.6 Å². The maximum Gasteiger partial charge on any atom is 0.247 e. The lowest BCUT2D eigenvalue weighted by Crippen LogP contribution is -2.35. The molecule has 3 aromatic rings. The molecular weight excluding hydrogens is 332 g/mol. The summed E-state index contributed by atoms with van der Waals surface area (Å²) in [4.78, 5) is 0. The Kier molecular flexibility index (Phi) is 3.64. The molecule has 2 aromatic carbocycles. The third kappa shape index (κ3) is 2.45. The van der Waals surface area contributed by atoms with Crippen LogP contribution in [-0.2, 0) is 10.2 Å². The summed E-state index contributed by atoms with van der Waals surface area (Å²) in [6.07, 6.45) is 1.56. The van der Waals surface area contributed by atoms with Gasteiger partial charge in [0.15, 0.2) is 11.5 Å². The Bertz CT molecular complexity index is 917. The summed E-state index contributed by atoms with van der Waals surface area (Å²) in [5.41, 5.74) is 1.63. The van der Waals surface area contributed by atoms with Crippen molar-refractivity contribution in [3.63, 3.8) is 0 Å². The maximum absolute atomic E-state index is 6.14. The van der Waals surface area contributed by atoms with Crippen molar-refractivity contribution in [3.05, 3.63) is 60.0 Å². The lowest BCUT2D eigenvalue weighted by atomic mass is 9.74. The minimum atomic E-state index is -0.376. The molecule has 6 nitrogen and oxygen atoms in total. The first-order valence-corrected chi connectivity index (χ1v) is 8.72. The smallest absolute Gasteiger partial charge is 0.247 e. The number of ether oxygens (including phenoxy) is 3. The van der Waals surface area contributed by atoms with E-state index < -0.39 is 0 Å². The van der Waals surface area contributed by atoms with Gasteiger partial charge in [-0.3, -0.25) is 0 Å². The molecule has 0 bridgehead atoms. The fourth-order valence-corrected chi connectivity index (χ4v) is 3.65. The summed E-state index contributed by atoms with van der Waals surface area (Å²) in [6, 6.07) is 15.9. The van der Waals surface area contributed by atoms with Crippen molar-refractivity contribution in [1.29, 1.82) is 0 Å². The third-order valence-corrected chi connectivity index (χ3v) is 5.13. The first kappa shape index (κ1) is 15.4. The fraction of sp³-hybridized carbons (Fsp3) is 0.300. The number of benzene rings is 2. The Morgan fingerprint density at radius 2 is 1.65 bits per heavy atom. The molecule has 0 radical (unpaired) electrons. The van der Waals surface area contributed by atoms with E-state index in [0.29, 0.717) is 25.0 Å². The van der Waals surface area contributed by atoms with Crippen molar-refractivity contribution >= 4 is 0 Å². The van der Waals surface area contributed by atoms with Gasteiger partial charge in [-0.1, -0.05) is 24.3 Å². The van der Waals surface area contributed by atoms with Crippen molar-refractivity contribution in [2.45, 2.75) is 18.3 Å².